The summed E-state index contributed by atoms with van der Waals surface area (Å²) in [5, 5.41) is 0. The second-order valence-corrected chi connectivity index (χ2v) is 9.31. The summed E-state index contributed by atoms with van der Waals surface area (Å²) in [6.45, 7) is 0. The number of hydrogen-bond donors (Lipinski definition) is 0. The Hall–Kier alpha value is -0.760. The van der Waals surface area contributed by atoms with E-state index in [1.807, 2.05) is 29.2 Å². The minimum Gasteiger partial charge on any atom is -0.365 e. The number of alkyl halides is 1. The van der Waals surface area contributed by atoms with Gasteiger partial charge in [-0.2, -0.15) is 0 Å². The van der Waals surface area contributed by atoms with E-state index in [0.717, 1.165) is 28.9 Å². The SMILES string of the molecule is CI.CN1[C@@H]2CC[C@H]1CC(OC1c3ccccc3CS(=O)c3ccccc31)C2. The molecule has 3 aliphatic rings. The van der Waals surface area contributed by atoms with Crippen LogP contribution in [0.5, 0.6) is 0 Å². The second-order valence-electron chi connectivity index (χ2n) is 7.89. The molecule has 3 nitrogen and oxygen atoms in total. The van der Waals surface area contributed by atoms with Crippen molar-refractivity contribution in [3.05, 3.63) is 65.2 Å². The highest BCUT2D eigenvalue weighted by atomic mass is 127. The van der Waals surface area contributed by atoms with E-state index in [-0.39, 0.29) is 12.2 Å². The van der Waals surface area contributed by atoms with Gasteiger partial charge in [-0.05, 0) is 54.9 Å². The smallest absolute Gasteiger partial charge is 0.109 e. The molecule has 5 atom stereocenters. The van der Waals surface area contributed by atoms with Crippen LogP contribution in [0.25, 0.3) is 0 Å². The number of benzene rings is 2. The Morgan fingerprint density at radius 3 is 2.29 bits per heavy atom. The van der Waals surface area contributed by atoms with Gasteiger partial charge in [-0.3, -0.25) is 4.21 Å². The summed E-state index contributed by atoms with van der Waals surface area (Å²) in [7, 11) is 1.25. The molecule has 3 unspecified atom stereocenters. The van der Waals surface area contributed by atoms with Gasteiger partial charge < -0.3 is 9.64 Å². The number of rotatable bonds is 2. The summed E-state index contributed by atoms with van der Waals surface area (Å²) >= 11 is 2.15. The molecule has 0 aromatic heterocycles. The Morgan fingerprint density at radius 1 is 0.964 bits per heavy atom. The Balaban J connectivity index is 0.000000932. The van der Waals surface area contributed by atoms with Crippen LogP contribution in [0.4, 0.5) is 0 Å². The molecule has 150 valence electrons. The van der Waals surface area contributed by atoms with Crippen LogP contribution in [0.3, 0.4) is 0 Å². The van der Waals surface area contributed by atoms with E-state index < -0.39 is 10.8 Å². The molecule has 2 fully saturated rings. The molecule has 2 aromatic carbocycles. The first kappa shape index (κ1) is 20.5. The Kier molecular flexibility index (Phi) is 6.55. The van der Waals surface area contributed by atoms with Crippen LogP contribution in [0.1, 0.15) is 48.5 Å². The zero-order chi connectivity index (χ0) is 19.7. The Bertz CT molecular complexity index is 844. The predicted octanol–water partition coefficient (Wildman–Crippen LogP) is 5.09. The van der Waals surface area contributed by atoms with E-state index in [1.165, 1.54) is 18.4 Å². The van der Waals surface area contributed by atoms with E-state index in [1.54, 1.807) is 0 Å². The molecule has 2 aromatic rings. The maximum atomic E-state index is 12.9. The number of nitrogens with zero attached hydrogens (tertiary/aromatic N) is 1. The molecule has 2 bridgehead atoms. The molecule has 5 heteroatoms. The first-order valence-electron chi connectivity index (χ1n) is 10.0. The van der Waals surface area contributed by atoms with Crippen molar-refractivity contribution in [1.29, 1.82) is 0 Å². The van der Waals surface area contributed by atoms with Crippen LogP contribution in [0.2, 0.25) is 0 Å². The summed E-state index contributed by atoms with van der Waals surface area (Å²) in [4.78, 5) is 5.45. The van der Waals surface area contributed by atoms with Crippen molar-refractivity contribution in [1.82, 2.24) is 4.90 Å². The van der Waals surface area contributed by atoms with Crippen molar-refractivity contribution >= 4 is 33.4 Å². The minimum absolute atomic E-state index is 0.110. The van der Waals surface area contributed by atoms with Crippen molar-refractivity contribution in [2.45, 2.75) is 60.6 Å². The third kappa shape index (κ3) is 3.83. The quantitative estimate of drug-likeness (QED) is 0.417. The van der Waals surface area contributed by atoms with E-state index in [9.17, 15) is 4.21 Å². The van der Waals surface area contributed by atoms with Gasteiger partial charge in [0.1, 0.15) is 6.10 Å². The highest BCUT2D eigenvalue weighted by Gasteiger charge is 2.40. The van der Waals surface area contributed by atoms with E-state index in [4.69, 9.17) is 4.74 Å². The summed E-state index contributed by atoms with van der Waals surface area (Å²) in [6.07, 6.45) is 4.97. The third-order valence-electron chi connectivity index (χ3n) is 6.45. The Morgan fingerprint density at radius 2 is 1.57 bits per heavy atom. The lowest BCUT2D eigenvalue weighted by atomic mass is 9.95. The lowest BCUT2D eigenvalue weighted by molar-refractivity contribution is -0.0435. The van der Waals surface area contributed by atoms with Crippen molar-refractivity contribution in [2.75, 3.05) is 12.0 Å². The van der Waals surface area contributed by atoms with Gasteiger partial charge in [0, 0.05) is 22.5 Å². The van der Waals surface area contributed by atoms with Gasteiger partial charge in [-0.15, -0.1) is 0 Å². The Labute approximate surface area is 184 Å². The number of hydrogen-bond acceptors (Lipinski definition) is 3. The maximum absolute atomic E-state index is 12.9. The number of fused-ring (bicyclic) bond motifs is 4. The molecular weight excluding hydrogens is 481 g/mol. The molecule has 0 saturated carbocycles. The number of piperidine rings is 1. The van der Waals surface area contributed by atoms with Crippen molar-refractivity contribution < 1.29 is 8.95 Å². The molecular formula is C23H28INO2S. The molecule has 3 heterocycles. The molecule has 5 rings (SSSR count). The van der Waals surface area contributed by atoms with Gasteiger partial charge in [0.05, 0.1) is 22.7 Å². The molecule has 3 aliphatic heterocycles. The van der Waals surface area contributed by atoms with Gasteiger partial charge in [0.2, 0.25) is 0 Å². The van der Waals surface area contributed by atoms with Crippen molar-refractivity contribution in [2.24, 2.45) is 0 Å². The standard InChI is InChI=1S/C22H25NO2S.CH3I/c1-23-16-10-11-17(23)13-18(12-16)25-22-19-7-3-2-6-15(19)14-26(24)21-9-5-4-8-20(21)22;1-2/h2-9,16-18,22H,10-14H2,1H3;1H3/t16-,17+,18?,22?,26?;. The summed E-state index contributed by atoms with van der Waals surface area (Å²) in [6, 6.07) is 17.8. The van der Waals surface area contributed by atoms with Gasteiger partial charge in [-0.25, -0.2) is 0 Å². The third-order valence-corrected chi connectivity index (χ3v) is 7.89. The zero-order valence-corrected chi connectivity index (χ0v) is 19.5. The summed E-state index contributed by atoms with van der Waals surface area (Å²) < 4.78 is 19.7. The largest absolute Gasteiger partial charge is 0.365 e. The average Bonchev–Trinajstić information content (AvgIpc) is 2.90. The van der Waals surface area contributed by atoms with Gasteiger partial charge >= 0.3 is 0 Å². The molecule has 0 amide bonds. The highest BCUT2D eigenvalue weighted by Crippen LogP contribution is 2.42. The lowest BCUT2D eigenvalue weighted by Crippen LogP contribution is -2.43. The van der Waals surface area contributed by atoms with Crippen molar-refractivity contribution in [3.8, 4) is 0 Å². The topological polar surface area (TPSA) is 29.5 Å². The van der Waals surface area contributed by atoms with Gasteiger partial charge in [0.15, 0.2) is 0 Å². The lowest BCUT2D eigenvalue weighted by Gasteiger charge is -2.38. The molecule has 0 N–H and O–H groups in total. The van der Waals surface area contributed by atoms with Crippen molar-refractivity contribution in [3.63, 3.8) is 0 Å². The van der Waals surface area contributed by atoms with Crippen LogP contribution >= 0.6 is 22.6 Å². The maximum Gasteiger partial charge on any atom is 0.109 e. The summed E-state index contributed by atoms with van der Waals surface area (Å²) in [5.41, 5.74) is 3.43. The number of ether oxygens (including phenoxy) is 1. The fourth-order valence-electron chi connectivity index (χ4n) is 5.02. The zero-order valence-electron chi connectivity index (χ0n) is 16.5. The molecule has 0 aliphatic carbocycles. The van der Waals surface area contributed by atoms with Crippen LogP contribution in [-0.2, 0) is 21.3 Å². The predicted molar refractivity (Wildman–Crippen MR) is 123 cm³/mol. The van der Waals surface area contributed by atoms with E-state index >= 15 is 0 Å². The highest BCUT2D eigenvalue weighted by molar-refractivity contribution is 14.1. The van der Waals surface area contributed by atoms with Crippen LogP contribution in [-0.4, -0.2) is 39.3 Å². The first-order valence-corrected chi connectivity index (χ1v) is 13.5. The molecule has 28 heavy (non-hydrogen) atoms. The van der Waals surface area contributed by atoms with Crippen LogP contribution < -0.4 is 0 Å². The normalized spacial score (nSPS) is 31.2. The van der Waals surface area contributed by atoms with E-state index in [2.05, 4.69) is 58.8 Å². The van der Waals surface area contributed by atoms with Crippen LogP contribution in [0, 0.1) is 0 Å². The fourth-order valence-corrected chi connectivity index (χ4v) is 6.39. The van der Waals surface area contributed by atoms with Gasteiger partial charge in [0.25, 0.3) is 0 Å². The molecule has 2 saturated heterocycles. The fraction of sp³-hybridized carbons (Fsp3) is 0.478. The monoisotopic (exact) mass is 509 g/mol. The van der Waals surface area contributed by atoms with Crippen LogP contribution in [0.15, 0.2) is 53.4 Å². The number of halogens is 1. The first-order chi connectivity index (χ1) is 13.7. The van der Waals surface area contributed by atoms with E-state index in [0.29, 0.717) is 17.8 Å². The van der Waals surface area contributed by atoms with Gasteiger partial charge in [-0.1, -0.05) is 65.1 Å². The minimum atomic E-state index is -1.02. The molecule has 0 spiro atoms. The second kappa shape index (κ2) is 8.94. The summed E-state index contributed by atoms with van der Waals surface area (Å²) in [5.74, 6) is 0.575. The average molecular weight is 509 g/mol. The molecule has 0 radical (unpaired) electrons.